The first-order valence-corrected chi connectivity index (χ1v) is 10.5. The zero-order valence-corrected chi connectivity index (χ0v) is 18.5. The van der Waals surface area contributed by atoms with E-state index in [-0.39, 0.29) is 19.1 Å². The quantitative estimate of drug-likeness (QED) is 0.411. The van der Waals surface area contributed by atoms with Gasteiger partial charge in [-0.05, 0) is 49.2 Å². The second-order valence-corrected chi connectivity index (χ2v) is 7.61. The van der Waals surface area contributed by atoms with Crippen LogP contribution in [0.5, 0.6) is 11.6 Å². The van der Waals surface area contributed by atoms with E-state index in [9.17, 15) is 4.79 Å². The Hall–Kier alpha value is -3.65. The Bertz CT molecular complexity index is 1260. The lowest BCUT2D eigenvalue weighted by atomic mass is 10.1. The maximum absolute atomic E-state index is 12.1. The molecule has 164 valence electrons. The Morgan fingerprint density at radius 1 is 1.06 bits per heavy atom. The van der Waals surface area contributed by atoms with E-state index >= 15 is 0 Å². The number of halogens is 1. The molecular weight excluding hydrogens is 430 g/mol. The molecule has 0 radical (unpaired) electrons. The van der Waals surface area contributed by atoms with Crippen LogP contribution in [-0.4, -0.2) is 45.5 Å². The molecule has 8 nitrogen and oxygen atoms in total. The van der Waals surface area contributed by atoms with Gasteiger partial charge in [-0.15, -0.1) is 15.3 Å². The van der Waals surface area contributed by atoms with Gasteiger partial charge in [-0.2, -0.15) is 4.52 Å². The molecule has 1 N–H and O–H groups in total. The zero-order valence-electron chi connectivity index (χ0n) is 17.7. The molecule has 0 unspecified atom stereocenters. The van der Waals surface area contributed by atoms with E-state index in [1.165, 1.54) is 0 Å². The highest BCUT2D eigenvalue weighted by Gasteiger charge is 2.13. The number of fused-ring (bicyclic) bond motifs is 1. The Balaban J connectivity index is 1.31. The molecule has 0 aliphatic rings. The van der Waals surface area contributed by atoms with Crippen LogP contribution in [0.3, 0.4) is 0 Å². The Kier molecular flexibility index (Phi) is 6.51. The Labute approximate surface area is 190 Å². The number of aryl methyl sites for hydroxylation is 2. The molecule has 0 aliphatic heterocycles. The minimum atomic E-state index is -0.224. The van der Waals surface area contributed by atoms with E-state index < -0.39 is 0 Å². The van der Waals surface area contributed by atoms with Gasteiger partial charge in [0, 0.05) is 11.6 Å². The van der Waals surface area contributed by atoms with E-state index in [1.807, 2.05) is 50.2 Å². The van der Waals surface area contributed by atoms with Crippen LogP contribution in [-0.2, 0) is 4.79 Å². The standard InChI is InChI=1S/C23H22ClN5O3/c1-15-7-8-16(2)19(13-15)32-14-21(30)25-11-12-31-22-10-9-20-26-27-23(29(20)28-22)17-5-3-4-6-18(17)24/h3-10,13H,11-12,14H2,1-2H3,(H,25,30). The largest absolute Gasteiger partial charge is 0.483 e. The van der Waals surface area contributed by atoms with E-state index in [1.54, 1.807) is 22.7 Å². The van der Waals surface area contributed by atoms with Crippen molar-refractivity contribution in [2.45, 2.75) is 13.8 Å². The van der Waals surface area contributed by atoms with Gasteiger partial charge < -0.3 is 14.8 Å². The second-order valence-electron chi connectivity index (χ2n) is 7.20. The van der Waals surface area contributed by atoms with Crippen molar-refractivity contribution in [2.24, 2.45) is 0 Å². The summed E-state index contributed by atoms with van der Waals surface area (Å²) in [6.07, 6.45) is 0. The minimum Gasteiger partial charge on any atom is -0.483 e. The first-order chi connectivity index (χ1) is 15.5. The Morgan fingerprint density at radius 3 is 2.75 bits per heavy atom. The number of ether oxygens (including phenoxy) is 2. The summed E-state index contributed by atoms with van der Waals surface area (Å²) in [6.45, 7) is 4.42. The van der Waals surface area contributed by atoms with Crippen LogP contribution >= 0.6 is 11.6 Å². The lowest BCUT2D eigenvalue weighted by Gasteiger charge is -2.11. The molecule has 1 amide bonds. The normalized spacial score (nSPS) is 10.8. The number of benzene rings is 2. The van der Waals surface area contributed by atoms with Crippen molar-refractivity contribution in [2.75, 3.05) is 19.8 Å². The SMILES string of the molecule is Cc1ccc(C)c(OCC(=O)NCCOc2ccc3nnc(-c4ccccc4Cl)n3n2)c1. The molecule has 0 atom stereocenters. The predicted octanol–water partition coefficient (Wildman–Crippen LogP) is 3.64. The molecular formula is C23H22ClN5O3. The van der Waals surface area contributed by atoms with Crippen molar-refractivity contribution in [1.82, 2.24) is 25.1 Å². The molecule has 2 aromatic heterocycles. The first kappa shape index (κ1) is 21.6. The number of aromatic nitrogens is 4. The summed E-state index contributed by atoms with van der Waals surface area (Å²) in [5.74, 6) is 1.38. The van der Waals surface area contributed by atoms with Gasteiger partial charge in [-0.1, -0.05) is 35.9 Å². The topological polar surface area (TPSA) is 90.6 Å². The number of hydrogen-bond acceptors (Lipinski definition) is 6. The highest BCUT2D eigenvalue weighted by molar-refractivity contribution is 6.33. The highest BCUT2D eigenvalue weighted by atomic mass is 35.5. The lowest BCUT2D eigenvalue weighted by Crippen LogP contribution is -2.32. The highest BCUT2D eigenvalue weighted by Crippen LogP contribution is 2.26. The fourth-order valence-corrected chi connectivity index (χ4v) is 3.28. The number of nitrogens with zero attached hydrogens (tertiary/aromatic N) is 4. The number of nitrogens with one attached hydrogen (secondary N) is 1. The summed E-state index contributed by atoms with van der Waals surface area (Å²) >= 11 is 6.28. The number of carbonyl (C=O) groups is 1. The van der Waals surface area contributed by atoms with Crippen molar-refractivity contribution >= 4 is 23.2 Å². The maximum atomic E-state index is 12.1. The van der Waals surface area contributed by atoms with Gasteiger partial charge in [0.05, 0.1) is 11.6 Å². The number of hydrogen-bond donors (Lipinski definition) is 1. The minimum absolute atomic E-state index is 0.0591. The van der Waals surface area contributed by atoms with Crippen LogP contribution in [0, 0.1) is 13.8 Å². The molecule has 32 heavy (non-hydrogen) atoms. The fourth-order valence-electron chi connectivity index (χ4n) is 3.06. The van der Waals surface area contributed by atoms with Crippen molar-refractivity contribution in [1.29, 1.82) is 0 Å². The van der Waals surface area contributed by atoms with Gasteiger partial charge >= 0.3 is 0 Å². The average molecular weight is 452 g/mol. The molecule has 0 bridgehead atoms. The van der Waals surface area contributed by atoms with Gasteiger partial charge in [0.2, 0.25) is 5.88 Å². The van der Waals surface area contributed by atoms with Gasteiger partial charge in [0.15, 0.2) is 18.1 Å². The number of amides is 1. The summed E-state index contributed by atoms with van der Waals surface area (Å²) in [4.78, 5) is 12.1. The zero-order chi connectivity index (χ0) is 22.5. The van der Waals surface area contributed by atoms with Crippen LogP contribution < -0.4 is 14.8 Å². The molecule has 2 heterocycles. The summed E-state index contributed by atoms with van der Waals surface area (Å²) in [5, 5.41) is 16.1. The molecule has 0 spiro atoms. The summed E-state index contributed by atoms with van der Waals surface area (Å²) in [6, 6.07) is 16.7. The maximum Gasteiger partial charge on any atom is 0.258 e. The van der Waals surface area contributed by atoms with E-state index in [0.717, 1.165) is 16.7 Å². The third-order valence-electron chi connectivity index (χ3n) is 4.73. The smallest absolute Gasteiger partial charge is 0.258 e. The third-order valence-corrected chi connectivity index (χ3v) is 5.06. The Morgan fingerprint density at radius 2 is 1.91 bits per heavy atom. The monoisotopic (exact) mass is 451 g/mol. The summed E-state index contributed by atoms with van der Waals surface area (Å²) < 4.78 is 12.9. The second kappa shape index (κ2) is 9.65. The number of carbonyl (C=O) groups excluding carboxylic acids is 1. The molecule has 0 saturated carbocycles. The summed E-state index contributed by atoms with van der Waals surface area (Å²) in [7, 11) is 0. The van der Waals surface area contributed by atoms with Gasteiger partial charge in [0.25, 0.3) is 5.91 Å². The first-order valence-electron chi connectivity index (χ1n) is 10.1. The molecule has 2 aromatic carbocycles. The van der Waals surface area contributed by atoms with Crippen molar-refractivity contribution in [3.05, 3.63) is 70.7 Å². The fraction of sp³-hybridized carbons (Fsp3) is 0.217. The predicted molar refractivity (Wildman–Crippen MR) is 121 cm³/mol. The molecule has 4 rings (SSSR count). The average Bonchev–Trinajstić information content (AvgIpc) is 3.21. The van der Waals surface area contributed by atoms with Gasteiger partial charge in [-0.3, -0.25) is 4.79 Å². The van der Waals surface area contributed by atoms with E-state index in [4.69, 9.17) is 21.1 Å². The van der Waals surface area contributed by atoms with Crippen LogP contribution in [0.2, 0.25) is 5.02 Å². The van der Waals surface area contributed by atoms with E-state index in [2.05, 4.69) is 20.6 Å². The van der Waals surface area contributed by atoms with Crippen LogP contribution in [0.15, 0.2) is 54.6 Å². The van der Waals surface area contributed by atoms with Crippen molar-refractivity contribution in [3.8, 4) is 23.0 Å². The van der Waals surface area contributed by atoms with E-state index in [0.29, 0.717) is 34.7 Å². The number of rotatable bonds is 8. The summed E-state index contributed by atoms with van der Waals surface area (Å²) in [5.41, 5.74) is 3.36. The molecule has 4 aromatic rings. The van der Waals surface area contributed by atoms with Gasteiger partial charge in [-0.25, -0.2) is 0 Å². The molecule has 0 saturated heterocycles. The van der Waals surface area contributed by atoms with Crippen molar-refractivity contribution < 1.29 is 14.3 Å². The van der Waals surface area contributed by atoms with Gasteiger partial charge in [0.1, 0.15) is 12.4 Å². The third kappa shape index (κ3) is 4.97. The van der Waals surface area contributed by atoms with Crippen LogP contribution in [0.1, 0.15) is 11.1 Å². The lowest BCUT2D eigenvalue weighted by molar-refractivity contribution is -0.123. The molecule has 0 aliphatic carbocycles. The van der Waals surface area contributed by atoms with Crippen molar-refractivity contribution in [3.63, 3.8) is 0 Å². The molecule has 9 heteroatoms. The molecule has 0 fully saturated rings. The van der Waals surface area contributed by atoms with Crippen LogP contribution in [0.25, 0.3) is 17.0 Å². The van der Waals surface area contributed by atoms with Crippen LogP contribution in [0.4, 0.5) is 0 Å².